The number of nitrogens with two attached hydrogens (primary N) is 1. The molecular formula is C8H8F3N2O3S-. The summed E-state index contributed by atoms with van der Waals surface area (Å²) in [4.78, 5) is 0. The fourth-order valence-electron chi connectivity index (χ4n) is 1.21. The van der Waals surface area contributed by atoms with Crippen molar-refractivity contribution < 1.29 is 26.7 Å². The van der Waals surface area contributed by atoms with Gasteiger partial charge in [-0.3, -0.25) is 4.21 Å². The summed E-state index contributed by atoms with van der Waals surface area (Å²) in [6, 6.07) is 1.27. The standard InChI is InChI=1S/C8H9F3N2O3S/c1-16-7-5(12)2-4(8(9,10)11)3-6(7)13-17(14)15/h2-3,13H,12H2,1H3,(H,14,15)/p-1. The molecule has 0 saturated heterocycles. The highest BCUT2D eigenvalue weighted by atomic mass is 32.2. The summed E-state index contributed by atoms with van der Waals surface area (Å²) in [5, 5.41) is 0. The maximum Gasteiger partial charge on any atom is 0.416 e. The van der Waals surface area contributed by atoms with E-state index in [0.29, 0.717) is 12.1 Å². The van der Waals surface area contributed by atoms with Gasteiger partial charge in [0.1, 0.15) is 0 Å². The average Bonchev–Trinajstić information content (AvgIpc) is 2.14. The molecule has 0 aliphatic rings. The number of ether oxygens (including phenoxy) is 1. The van der Waals surface area contributed by atoms with Crippen molar-refractivity contribution in [2.75, 3.05) is 17.6 Å². The molecule has 0 fully saturated rings. The highest BCUT2D eigenvalue weighted by Gasteiger charge is 2.32. The first-order valence-corrected chi connectivity index (χ1v) is 5.24. The van der Waals surface area contributed by atoms with Gasteiger partial charge in [0.2, 0.25) is 0 Å². The topological polar surface area (TPSA) is 87.4 Å². The van der Waals surface area contributed by atoms with Crippen molar-refractivity contribution in [3.05, 3.63) is 17.7 Å². The molecule has 0 aromatic heterocycles. The number of anilines is 2. The third-order valence-corrected chi connectivity index (χ3v) is 2.23. The van der Waals surface area contributed by atoms with Crippen LogP contribution in [0.5, 0.6) is 5.75 Å². The van der Waals surface area contributed by atoms with Crippen molar-refractivity contribution in [1.82, 2.24) is 0 Å². The zero-order chi connectivity index (χ0) is 13.2. The summed E-state index contributed by atoms with van der Waals surface area (Å²) >= 11 is -2.77. The van der Waals surface area contributed by atoms with E-state index in [1.54, 1.807) is 4.72 Å². The molecule has 0 radical (unpaired) electrons. The molecule has 96 valence electrons. The fraction of sp³-hybridized carbons (Fsp3) is 0.250. The van der Waals surface area contributed by atoms with Gasteiger partial charge in [0, 0.05) is 11.3 Å². The Balaban J connectivity index is 3.33. The molecule has 1 aromatic rings. The quantitative estimate of drug-likeness (QED) is 0.643. The Bertz CT molecular complexity index is 450. The molecule has 0 heterocycles. The Hall–Kier alpha value is -1.48. The predicted octanol–water partition coefficient (Wildman–Crippen LogP) is 1.50. The van der Waals surface area contributed by atoms with Gasteiger partial charge in [-0.05, 0) is 12.1 Å². The first-order chi connectivity index (χ1) is 7.75. The van der Waals surface area contributed by atoms with E-state index in [1.807, 2.05) is 0 Å². The number of nitrogen functional groups attached to an aromatic ring is 1. The Morgan fingerprint density at radius 2 is 2.06 bits per heavy atom. The van der Waals surface area contributed by atoms with E-state index < -0.39 is 23.0 Å². The molecule has 3 N–H and O–H groups in total. The zero-order valence-electron chi connectivity index (χ0n) is 8.50. The van der Waals surface area contributed by atoms with Crippen molar-refractivity contribution in [3.63, 3.8) is 0 Å². The third-order valence-electron chi connectivity index (χ3n) is 1.84. The number of nitrogens with one attached hydrogen (secondary N) is 1. The molecule has 0 spiro atoms. The smallest absolute Gasteiger partial charge is 0.416 e. The number of alkyl halides is 3. The van der Waals surface area contributed by atoms with Gasteiger partial charge in [-0.1, -0.05) is 0 Å². The van der Waals surface area contributed by atoms with E-state index >= 15 is 0 Å². The van der Waals surface area contributed by atoms with Gasteiger partial charge < -0.3 is 19.7 Å². The number of methoxy groups -OCH3 is 1. The van der Waals surface area contributed by atoms with Crippen LogP contribution in [0, 0.1) is 0 Å². The first kappa shape index (κ1) is 13.6. The van der Waals surface area contributed by atoms with Crippen LogP contribution in [0.25, 0.3) is 0 Å². The van der Waals surface area contributed by atoms with E-state index in [4.69, 9.17) is 10.5 Å². The molecule has 5 nitrogen and oxygen atoms in total. The Kier molecular flexibility index (Phi) is 3.83. The van der Waals surface area contributed by atoms with Crippen molar-refractivity contribution in [1.29, 1.82) is 0 Å². The number of hydrogen-bond acceptors (Lipinski definition) is 4. The summed E-state index contributed by atoms with van der Waals surface area (Å²) in [7, 11) is 1.16. The van der Waals surface area contributed by atoms with E-state index in [2.05, 4.69) is 0 Å². The summed E-state index contributed by atoms with van der Waals surface area (Å²) in [6.07, 6.45) is -4.62. The molecule has 0 bridgehead atoms. The summed E-state index contributed by atoms with van der Waals surface area (Å²) < 4.78 is 64.7. The maximum atomic E-state index is 12.4. The van der Waals surface area contributed by atoms with E-state index in [-0.39, 0.29) is 17.1 Å². The van der Waals surface area contributed by atoms with Crippen LogP contribution in [0.4, 0.5) is 24.5 Å². The van der Waals surface area contributed by atoms with Crippen LogP contribution in [0.2, 0.25) is 0 Å². The molecule has 1 unspecified atom stereocenters. The van der Waals surface area contributed by atoms with E-state index in [1.165, 1.54) is 0 Å². The van der Waals surface area contributed by atoms with Gasteiger partial charge in [-0.25, -0.2) is 0 Å². The van der Waals surface area contributed by atoms with Crippen molar-refractivity contribution in [2.24, 2.45) is 0 Å². The van der Waals surface area contributed by atoms with Crippen LogP contribution in [0.15, 0.2) is 12.1 Å². The fourth-order valence-corrected chi connectivity index (χ4v) is 1.54. The lowest BCUT2D eigenvalue weighted by atomic mass is 10.1. The van der Waals surface area contributed by atoms with Crippen molar-refractivity contribution >= 4 is 22.6 Å². The van der Waals surface area contributed by atoms with Gasteiger partial charge in [0.15, 0.2) is 5.75 Å². The average molecular weight is 269 g/mol. The van der Waals surface area contributed by atoms with Crippen LogP contribution in [0.3, 0.4) is 0 Å². The predicted molar refractivity (Wildman–Crippen MR) is 55.0 cm³/mol. The normalized spacial score (nSPS) is 13.2. The molecule has 1 rings (SSSR count). The molecule has 0 aliphatic heterocycles. The molecule has 9 heteroatoms. The molecule has 0 amide bonds. The SMILES string of the molecule is COc1c(N)cc(C(F)(F)F)cc1NS(=O)[O-]. The molecule has 17 heavy (non-hydrogen) atoms. The minimum Gasteiger partial charge on any atom is -0.755 e. The Morgan fingerprint density at radius 1 is 1.47 bits per heavy atom. The highest BCUT2D eigenvalue weighted by Crippen LogP contribution is 2.39. The zero-order valence-corrected chi connectivity index (χ0v) is 9.32. The monoisotopic (exact) mass is 269 g/mol. The Labute approximate surface area is 97.2 Å². The largest absolute Gasteiger partial charge is 0.755 e. The van der Waals surface area contributed by atoms with Gasteiger partial charge in [-0.15, -0.1) is 0 Å². The second-order valence-electron chi connectivity index (χ2n) is 2.98. The van der Waals surface area contributed by atoms with Crippen molar-refractivity contribution in [2.45, 2.75) is 6.18 Å². The van der Waals surface area contributed by atoms with Crippen LogP contribution >= 0.6 is 0 Å². The first-order valence-electron chi connectivity index (χ1n) is 4.16. The maximum absolute atomic E-state index is 12.4. The summed E-state index contributed by atoms with van der Waals surface area (Å²) in [5.74, 6) is -0.165. The Morgan fingerprint density at radius 3 is 2.47 bits per heavy atom. The minimum absolute atomic E-state index is 0.165. The minimum atomic E-state index is -4.62. The highest BCUT2D eigenvalue weighted by molar-refractivity contribution is 7.80. The van der Waals surface area contributed by atoms with Gasteiger partial charge >= 0.3 is 6.18 Å². The van der Waals surface area contributed by atoms with Crippen molar-refractivity contribution in [3.8, 4) is 5.75 Å². The second-order valence-corrected chi connectivity index (χ2v) is 3.65. The summed E-state index contributed by atoms with van der Waals surface area (Å²) in [6.45, 7) is 0. The molecule has 1 aromatic carbocycles. The molecule has 0 aliphatic carbocycles. The second kappa shape index (κ2) is 4.80. The lowest BCUT2D eigenvalue weighted by Gasteiger charge is -2.17. The number of benzene rings is 1. The number of halogens is 3. The van der Waals surface area contributed by atoms with Crippen LogP contribution in [-0.4, -0.2) is 15.9 Å². The number of rotatable bonds is 3. The van der Waals surface area contributed by atoms with Gasteiger partial charge in [0.05, 0.1) is 24.0 Å². The van der Waals surface area contributed by atoms with E-state index in [9.17, 15) is 21.9 Å². The van der Waals surface area contributed by atoms with Crippen LogP contribution < -0.4 is 15.2 Å². The lowest BCUT2D eigenvalue weighted by molar-refractivity contribution is -0.137. The number of hydrogen-bond donors (Lipinski definition) is 2. The van der Waals surface area contributed by atoms with E-state index in [0.717, 1.165) is 7.11 Å². The lowest BCUT2D eigenvalue weighted by Crippen LogP contribution is -2.10. The van der Waals surface area contributed by atoms with Gasteiger partial charge in [-0.2, -0.15) is 13.2 Å². The van der Waals surface area contributed by atoms with Crippen LogP contribution in [0.1, 0.15) is 5.56 Å². The molecular weight excluding hydrogens is 261 g/mol. The molecule has 1 atom stereocenters. The van der Waals surface area contributed by atoms with Crippen LogP contribution in [-0.2, 0) is 17.4 Å². The van der Waals surface area contributed by atoms with Gasteiger partial charge in [0.25, 0.3) is 0 Å². The third kappa shape index (κ3) is 3.24. The summed E-state index contributed by atoms with van der Waals surface area (Å²) in [5.41, 5.74) is 3.60. The molecule has 0 saturated carbocycles.